The molecule has 7 heteroatoms. The van der Waals surface area contributed by atoms with Gasteiger partial charge < -0.3 is 5.73 Å². The third-order valence-electron chi connectivity index (χ3n) is 3.52. The van der Waals surface area contributed by atoms with Crippen LogP contribution in [0, 0.1) is 11.3 Å². The Kier molecular flexibility index (Phi) is 2.47. The maximum Gasteiger partial charge on any atom is 0.252 e. The van der Waals surface area contributed by atoms with Gasteiger partial charge >= 0.3 is 0 Å². The number of carbonyl (C=O) groups excluding carboxylic acids is 2. The molecule has 0 spiro atoms. The molecule has 2 N–H and O–H groups in total. The fourth-order valence-electron chi connectivity index (χ4n) is 2.45. The predicted molar refractivity (Wildman–Crippen MR) is 70.3 cm³/mol. The molecule has 1 aliphatic rings. The molecule has 0 saturated carbocycles. The number of amides is 2. The molecule has 1 fully saturated rings. The molecule has 2 heterocycles. The molecule has 0 aliphatic carbocycles. The summed E-state index contributed by atoms with van der Waals surface area (Å²) in [4.78, 5) is 29.0. The van der Waals surface area contributed by atoms with Gasteiger partial charge in [0, 0.05) is 7.05 Å². The Morgan fingerprint density at radius 1 is 1.45 bits per heavy atom. The molecule has 0 bridgehead atoms. The summed E-state index contributed by atoms with van der Waals surface area (Å²) in [5.74, 6) is -0.405. The number of fused-ring (bicyclic) bond motifs is 1. The van der Waals surface area contributed by atoms with Crippen LogP contribution in [-0.2, 0) is 9.59 Å². The summed E-state index contributed by atoms with van der Waals surface area (Å²) in [5.41, 5.74) is 7.49. The first-order valence-electron chi connectivity index (χ1n) is 6.01. The van der Waals surface area contributed by atoms with E-state index in [-0.39, 0.29) is 24.2 Å². The van der Waals surface area contributed by atoms with Gasteiger partial charge in [-0.25, -0.2) is 4.98 Å². The monoisotopic (exact) mass is 269 g/mol. The third-order valence-corrected chi connectivity index (χ3v) is 3.52. The zero-order valence-corrected chi connectivity index (χ0v) is 10.7. The molecule has 20 heavy (non-hydrogen) atoms. The zero-order chi connectivity index (χ0) is 14.4. The summed E-state index contributed by atoms with van der Waals surface area (Å²) < 4.78 is 1.53. The maximum absolute atomic E-state index is 12.1. The Balaban J connectivity index is 2.21. The van der Waals surface area contributed by atoms with Crippen LogP contribution in [0.25, 0.3) is 11.0 Å². The van der Waals surface area contributed by atoms with E-state index in [0.717, 1.165) is 4.90 Å². The fourth-order valence-corrected chi connectivity index (χ4v) is 2.45. The highest BCUT2D eigenvalue weighted by Crippen LogP contribution is 2.30. The maximum atomic E-state index is 12.1. The van der Waals surface area contributed by atoms with Crippen molar-refractivity contribution < 1.29 is 9.59 Å². The molecule has 100 valence electrons. The van der Waals surface area contributed by atoms with Gasteiger partial charge in [0.25, 0.3) is 5.91 Å². The molecular formula is C13H11N5O2. The number of anilines is 1. The van der Waals surface area contributed by atoms with Gasteiger partial charge in [-0.3, -0.25) is 19.1 Å². The van der Waals surface area contributed by atoms with E-state index in [9.17, 15) is 9.59 Å². The number of nitrogen functional groups attached to an aromatic ring is 1. The second kappa shape index (κ2) is 4.06. The first kappa shape index (κ1) is 12.2. The van der Waals surface area contributed by atoms with E-state index in [2.05, 4.69) is 4.98 Å². The number of carbonyl (C=O) groups is 2. The molecule has 3 rings (SSSR count). The van der Waals surface area contributed by atoms with Crippen LogP contribution >= 0.6 is 0 Å². The lowest BCUT2D eigenvalue weighted by molar-refractivity contribution is -0.137. The molecule has 1 aromatic carbocycles. The van der Waals surface area contributed by atoms with Crippen molar-refractivity contribution in [3.8, 4) is 6.07 Å². The van der Waals surface area contributed by atoms with Crippen molar-refractivity contribution in [3.05, 3.63) is 23.8 Å². The van der Waals surface area contributed by atoms with E-state index >= 15 is 0 Å². The number of likely N-dealkylation sites (tertiary alicyclic amines) is 1. The molecule has 1 aromatic heterocycles. The first-order chi connectivity index (χ1) is 9.52. The number of aromatic nitrogens is 2. The van der Waals surface area contributed by atoms with Crippen LogP contribution in [0.5, 0.6) is 0 Å². The molecule has 1 saturated heterocycles. The number of hydrogen-bond donors (Lipinski definition) is 1. The number of imide groups is 1. The lowest BCUT2D eigenvalue weighted by Gasteiger charge is -2.12. The van der Waals surface area contributed by atoms with Gasteiger partial charge in [-0.15, -0.1) is 0 Å². The van der Waals surface area contributed by atoms with Crippen LogP contribution in [0.3, 0.4) is 0 Å². The van der Waals surface area contributed by atoms with Crippen LogP contribution in [-0.4, -0.2) is 33.3 Å². The molecule has 7 nitrogen and oxygen atoms in total. The number of likely N-dealkylation sites (N-methyl/N-ethyl adjacent to an activating group) is 1. The van der Waals surface area contributed by atoms with E-state index in [1.807, 2.05) is 6.07 Å². The highest BCUT2D eigenvalue weighted by Gasteiger charge is 2.38. The molecule has 0 radical (unpaired) electrons. The first-order valence-corrected chi connectivity index (χ1v) is 6.01. The van der Waals surface area contributed by atoms with Crippen LogP contribution in [0.1, 0.15) is 18.0 Å². The number of nitrogens with zero attached hydrogens (tertiary/aromatic N) is 4. The second-order valence-corrected chi connectivity index (χ2v) is 4.67. The van der Waals surface area contributed by atoms with E-state index in [4.69, 9.17) is 11.0 Å². The van der Waals surface area contributed by atoms with Crippen LogP contribution in [0.2, 0.25) is 0 Å². The van der Waals surface area contributed by atoms with Crippen LogP contribution < -0.4 is 5.73 Å². The Morgan fingerprint density at radius 3 is 2.80 bits per heavy atom. The standard InChI is InChI=1S/C13H11N5O2/c1-17-11(19)5-10(12(17)20)18-9-4-7(6-14)2-3-8(9)16-13(18)15/h2-4,10H,5H2,1H3,(H2,15,16). The van der Waals surface area contributed by atoms with Crippen molar-refractivity contribution in [1.29, 1.82) is 5.26 Å². The number of rotatable bonds is 1. The normalized spacial score (nSPS) is 18.8. The van der Waals surface area contributed by atoms with Crippen molar-refractivity contribution in [2.24, 2.45) is 0 Å². The van der Waals surface area contributed by atoms with Crippen molar-refractivity contribution in [3.63, 3.8) is 0 Å². The fraction of sp³-hybridized carbons (Fsp3) is 0.231. The van der Waals surface area contributed by atoms with Crippen molar-refractivity contribution >= 4 is 28.8 Å². The molecular weight excluding hydrogens is 258 g/mol. The minimum atomic E-state index is -0.688. The number of nitriles is 1. The van der Waals surface area contributed by atoms with Gasteiger partial charge in [-0.05, 0) is 18.2 Å². The Bertz CT molecular complexity index is 786. The molecule has 2 amide bonds. The van der Waals surface area contributed by atoms with Gasteiger partial charge in [0.1, 0.15) is 6.04 Å². The summed E-state index contributed by atoms with van der Waals surface area (Å²) in [7, 11) is 1.45. The molecule has 1 atom stereocenters. The van der Waals surface area contributed by atoms with Gasteiger partial charge in [0.15, 0.2) is 0 Å². The van der Waals surface area contributed by atoms with Gasteiger partial charge in [0.2, 0.25) is 11.9 Å². The van der Waals surface area contributed by atoms with Crippen molar-refractivity contribution in [1.82, 2.24) is 14.5 Å². The Hall–Kier alpha value is -2.88. The molecule has 1 aliphatic heterocycles. The van der Waals surface area contributed by atoms with E-state index < -0.39 is 6.04 Å². The quantitative estimate of drug-likeness (QED) is 0.755. The van der Waals surface area contributed by atoms with Crippen LogP contribution in [0.15, 0.2) is 18.2 Å². The second-order valence-electron chi connectivity index (χ2n) is 4.67. The number of imidazole rings is 1. The number of nitrogens with two attached hydrogens (primary N) is 1. The highest BCUT2D eigenvalue weighted by molar-refractivity contribution is 6.05. The number of benzene rings is 1. The minimum absolute atomic E-state index is 0.0573. The van der Waals surface area contributed by atoms with Gasteiger partial charge in [-0.2, -0.15) is 5.26 Å². The Morgan fingerprint density at radius 2 is 2.20 bits per heavy atom. The van der Waals surface area contributed by atoms with Crippen molar-refractivity contribution in [2.45, 2.75) is 12.5 Å². The zero-order valence-electron chi connectivity index (χ0n) is 10.7. The summed E-state index contributed by atoms with van der Waals surface area (Å²) in [5, 5.41) is 8.96. The largest absolute Gasteiger partial charge is 0.369 e. The van der Waals surface area contributed by atoms with E-state index in [1.54, 1.807) is 18.2 Å². The van der Waals surface area contributed by atoms with E-state index in [0.29, 0.717) is 16.6 Å². The predicted octanol–water partition coefficient (Wildman–Crippen LogP) is 0.420. The van der Waals surface area contributed by atoms with Crippen LogP contribution in [0.4, 0.5) is 5.95 Å². The summed E-state index contributed by atoms with van der Waals surface area (Å²) in [6, 6.07) is 6.27. The summed E-state index contributed by atoms with van der Waals surface area (Å²) in [6.07, 6.45) is 0.0573. The lowest BCUT2D eigenvalue weighted by Crippen LogP contribution is -2.27. The third kappa shape index (κ3) is 1.55. The highest BCUT2D eigenvalue weighted by atomic mass is 16.2. The van der Waals surface area contributed by atoms with Gasteiger partial charge in [-0.1, -0.05) is 0 Å². The van der Waals surface area contributed by atoms with Gasteiger partial charge in [0.05, 0.1) is 29.1 Å². The summed E-state index contributed by atoms with van der Waals surface area (Å²) >= 11 is 0. The number of hydrogen-bond acceptors (Lipinski definition) is 5. The smallest absolute Gasteiger partial charge is 0.252 e. The van der Waals surface area contributed by atoms with Crippen molar-refractivity contribution in [2.75, 3.05) is 12.8 Å². The lowest BCUT2D eigenvalue weighted by atomic mass is 10.2. The SMILES string of the molecule is CN1C(=O)CC(n2c(N)nc3ccc(C#N)cc32)C1=O. The topological polar surface area (TPSA) is 105 Å². The molecule has 2 aromatic rings. The minimum Gasteiger partial charge on any atom is -0.369 e. The Labute approximate surface area is 114 Å². The molecule has 1 unspecified atom stereocenters. The summed E-state index contributed by atoms with van der Waals surface area (Å²) in [6.45, 7) is 0. The average Bonchev–Trinajstić information content (AvgIpc) is 2.89. The van der Waals surface area contributed by atoms with E-state index in [1.165, 1.54) is 11.6 Å². The average molecular weight is 269 g/mol.